The number of aliphatic hydroxyl groups excluding tert-OH is 1. The molecule has 1 saturated carbocycles. The number of hydrogen-bond acceptors (Lipinski definition) is 1. The molecule has 1 fully saturated rings. The Morgan fingerprint density at radius 3 is 1.09 bits per heavy atom. The zero-order valence-corrected chi connectivity index (χ0v) is 9.31. The molecule has 11 heavy (non-hydrogen) atoms. The summed E-state index contributed by atoms with van der Waals surface area (Å²) in [5.74, 6) is 0. The van der Waals surface area contributed by atoms with E-state index in [4.69, 9.17) is 5.11 Å². The van der Waals surface area contributed by atoms with Crippen molar-refractivity contribution >= 4 is 0 Å². The topological polar surface area (TPSA) is 20.2 Å². The van der Waals surface area contributed by atoms with Crippen molar-refractivity contribution in [2.24, 2.45) is 0 Å². The predicted octanol–water partition coefficient (Wildman–Crippen LogP) is 1.98. The van der Waals surface area contributed by atoms with E-state index in [2.05, 4.69) is 25.7 Å². The van der Waals surface area contributed by atoms with Crippen molar-refractivity contribution in [1.29, 1.82) is 0 Å². The quantitative estimate of drug-likeness (QED) is 0.719. The minimum atomic E-state index is 0. The maximum atomic E-state index is 7.00. The molecule has 2 heteroatoms. The van der Waals surface area contributed by atoms with E-state index in [-0.39, 0.29) is 20.1 Å². The van der Waals surface area contributed by atoms with Crippen molar-refractivity contribution in [3.05, 3.63) is 25.7 Å². The van der Waals surface area contributed by atoms with Gasteiger partial charge in [0.05, 0.1) is 0 Å². The first-order valence-corrected chi connectivity index (χ1v) is 3.75. The average molecular weight is 332 g/mol. The minimum Gasteiger partial charge on any atom is -0.400 e. The molecule has 0 aromatic rings. The van der Waals surface area contributed by atoms with Gasteiger partial charge >= 0.3 is 0 Å². The average Bonchev–Trinajstić information content (AvgIpc) is 1.90. The molecule has 0 spiro atoms. The van der Waals surface area contributed by atoms with Crippen LogP contribution in [-0.4, -0.2) is 12.2 Å². The molecule has 1 nitrogen and oxygen atoms in total. The van der Waals surface area contributed by atoms with Crippen LogP contribution in [0.25, 0.3) is 0 Å². The Balaban J connectivity index is 0. The molecule has 0 saturated heterocycles. The van der Waals surface area contributed by atoms with Crippen LogP contribution >= 0.6 is 0 Å². The molecular formula is C9H16IrO. The summed E-state index contributed by atoms with van der Waals surface area (Å²) in [6, 6.07) is 0. The SMILES string of the molecule is CO.[CH]1[CH]CC[CH][CH]CC1.[Ir]. The molecule has 0 amide bonds. The molecule has 0 unspecified atom stereocenters. The van der Waals surface area contributed by atoms with Crippen molar-refractivity contribution in [3.8, 4) is 0 Å². The van der Waals surface area contributed by atoms with Crippen LogP contribution in [0.1, 0.15) is 25.7 Å². The van der Waals surface area contributed by atoms with Crippen molar-refractivity contribution < 1.29 is 25.2 Å². The maximum absolute atomic E-state index is 7.00. The standard InChI is InChI=1S/C8H12.CH4O.Ir/c1-2-4-6-8-7-5-3-1;1-2;/h1-2,7-8H,3-6H2;2H,1H3;. The summed E-state index contributed by atoms with van der Waals surface area (Å²) < 4.78 is 0. The van der Waals surface area contributed by atoms with Gasteiger partial charge in [0.25, 0.3) is 0 Å². The predicted molar refractivity (Wildman–Crippen MR) is 43.8 cm³/mol. The molecule has 0 aromatic carbocycles. The van der Waals surface area contributed by atoms with Gasteiger partial charge in [-0.05, 0) is 51.4 Å². The molecule has 0 atom stereocenters. The fourth-order valence-corrected chi connectivity index (χ4v) is 0.856. The third-order valence-electron chi connectivity index (χ3n) is 1.33. The summed E-state index contributed by atoms with van der Waals surface area (Å²) in [4.78, 5) is 0. The van der Waals surface area contributed by atoms with Gasteiger partial charge in [-0.2, -0.15) is 0 Å². The van der Waals surface area contributed by atoms with E-state index in [9.17, 15) is 0 Å². The van der Waals surface area contributed by atoms with Crippen LogP contribution in [0.5, 0.6) is 0 Å². The summed E-state index contributed by atoms with van der Waals surface area (Å²) in [5, 5.41) is 7.00. The van der Waals surface area contributed by atoms with Gasteiger partial charge in [0.1, 0.15) is 0 Å². The van der Waals surface area contributed by atoms with Crippen molar-refractivity contribution in [1.82, 2.24) is 0 Å². The molecule has 1 rings (SSSR count). The van der Waals surface area contributed by atoms with Gasteiger partial charge in [-0.15, -0.1) is 0 Å². The molecule has 0 bridgehead atoms. The van der Waals surface area contributed by atoms with Gasteiger partial charge < -0.3 is 5.11 Å². The third-order valence-corrected chi connectivity index (χ3v) is 1.33. The second-order valence-corrected chi connectivity index (χ2v) is 2.10. The zero-order chi connectivity index (χ0) is 7.66. The van der Waals surface area contributed by atoms with Crippen LogP contribution in [0, 0.1) is 25.7 Å². The molecule has 1 aliphatic rings. The molecule has 0 heterocycles. The van der Waals surface area contributed by atoms with Crippen molar-refractivity contribution in [3.63, 3.8) is 0 Å². The smallest absolute Gasteiger partial charge is 0.0319 e. The number of hydrogen-bond donors (Lipinski definition) is 1. The van der Waals surface area contributed by atoms with Gasteiger partial charge in [0, 0.05) is 27.2 Å². The fraction of sp³-hybridized carbons (Fsp3) is 0.556. The number of rotatable bonds is 0. The fourth-order valence-electron chi connectivity index (χ4n) is 0.856. The van der Waals surface area contributed by atoms with Crippen molar-refractivity contribution in [2.45, 2.75) is 25.7 Å². The van der Waals surface area contributed by atoms with E-state index in [0.29, 0.717) is 0 Å². The Bertz CT molecular complexity index is 33.5. The van der Waals surface area contributed by atoms with E-state index in [0.717, 1.165) is 7.11 Å². The molecule has 1 N–H and O–H groups in total. The van der Waals surface area contributed by atoms with E-state index in [1.807, 2.05) is 0 Å². The Kier molecular flexibility index (Phi) is 17.0. The van der Waals surface area contributed by atoms with Crippen LogP contribution in [0.15, 0.2) is 0 Å². The molecule has 0 aliphatic heterocycles. The summed E-state index contributed by atoms with van der Waals surface area (Å²) >= 11 is 0. The second kappa shape index (κ2) is 13.2. The first-order chi connectivity index (χ1) is 5.00. The first-order valence-electron chi connectivity index (χ1n) is 3.75. The van der Waals surface area contributed by atoms with Crippen LogP contribution in [0.4, 0.5) is 0 Å². The summed E-state index contributed by atoms with van der Waals surface area (Å²) in [5.41, 5.74) is 0. The molecular weight excluding hydrogens is 316 g/mol. The Hall–Kier alpha value is 0.609. The minimum absolute atomic E-state index is 0. The monoisotopic (exact) mass is 333 g/mol. The number of aliphatic hydroxyl groups is 1. The Labute approximate surface area is 83.9 Å². The van der Waals surface area contributed by atoms with Crippen LogP contribution in [0.3, 0.4) is 0 Å². The zero-order valence-electron chi connectivity index (χ0n) is 6.92. The molecule has 1 aliphatic carbocycles. The van der Waals surface area contributed by atoms with E-state index < -0.39 is 0 Å². The van der Waals surface area contributed by atoms with Gasteiger partial charge in [0.2, 0.25) is 0 Å². The van der Waals surface area contributed by atoms with Crippen LogP contribution in [-0.2, 0) is 20.1 Å². The molecule has 0 aromatic heterocycles. The normalized spacial score (nSPS) is 18.0. The first kappa shape index (κ1) is 14.2. The second-order valence-electron chi connectivity index (χ2n) is 2.10. The van der Waals surface area contributed by atoms with Gasteiger partial charge in [-0.3, -0.25) is 0 Å². The molecule has 67 valence electrons. The van der Waals surface area contributed by atoms with Crippen molar-refractivity contribution in [2.75, 3.05) is 7.11 Å². The summed E-state index contributed by atoms with van der Waals surface area (Å²) in [7, 11) is 1.00. The maximum Gasteiger partial charge on any atom is 0.0319 e. The third kappa shape index (κ3) is 10.6. The summed E-state index contributed by atoms with van der Waals surface area (Å²) in [6.45, 7) is 0. The molecule has 5 radical (unpaired) electrons. The van der Waals surface area contributed by atoms with Gasteiger partial charge in [-0.1, -0.05) is 0 Å². The van der Waals surface area contributed by atoms with E-state index >= 15 is 0 Å². The Morgan fingerprint density at radius 2 is 0.909 bits per heavy atom. The van der Waals surface area contributed by atoms with E-state index in [1.54, 1.807) is 0 Å². The van der Waals surface area contributed by atoms with Crippen LogP contribution < -0.4 is 0 Å². The van der Waals surface area contributed by atoms with Gasteiger partial charge in [-0.25, -0.2) is 0 Å². The summed E-state index contributed by atoms with van der Waals surface area (Å²) in [6.07, 6.45) is 14.0. The van der Waals surface area contributed by atoms with Gasteiger partial charge in [0.15, 0.2) is 0 Å². The largest absolute Gasteiger partial charge is 0.400 e. The Morgan fingerprint density at radius 1 is 0.727 bits per heavy atom. The van der Waals surface area contributed by atoms with E-state index in [1.165, 1.54) is 25.7 Å². The van der Waals surface area contributed by atoms with Crippen LogP contribution in [0.2, 0.25) is 0 Å².